The maximum Gasteiger partial charge on any atom is 0.320 e. The molecule has 1 saturated heterocycles. The summed E-state index contributed by atoms with van der Waals surface area (Å²) in [5, 5.41) is 0. The van der Waals surface area contributed by atoms with Gasteiger partial charge >= 0.3 is 5.97 Å². The Morgan fingerprint density at radius 2 is 1.95 bits per heavy atom. The average Bonchev–Trinajstić information content (AvgIpc) is 2.47. The lowest BCUT2D eigenvalue weighted by molar-refractivity contribution is -0.144. The van der Waals surface area contributed by atoms with Gasteiger partial charge in [-0.2, -0.15) is 0 Å². The molecule has 122 valence electrons. The SMILES string of the molecule is CCOC(=O)CN1CCN(C(C)c2ccc(F)cc2F)CC1. The van der Waals surface area contributed by atoms with Gasteiger partial charge < -0.3 is 4.74 Å². The molecule has 4 nitrogen and oxygen atoms in total. The van der Waals surface area contributed by atoms with Crippen molar-refractivity contribution in [2.24, 2.45) is 0 Å². The second kappa shape index (κ2) is 7.65. The molecular formula is C16H22F2N2O2. The van der Waals surface area contributed by atoms with Crippen LogP contribution in [0.3, 0.4) is 0 Å². The zero-order valence-corrected chi connectivity index (χ0v) is 13.0. The minimum atomic E-state index is -0.562. The van der Waals surface area contributed by atoms with Crippen LogP contribution in [0.2, 0.25) is 0 Å². The summed E-state index contributed by atoms with van der Waals surface area (Å²) in [4.78, 5) is 15.6. The van der Waals surface area contributed by atoms with Crippen LogP contribution in [-0.4, -0.2) is 55.1 Å². The lowest BCUT2D eigenvalue weighted by atomic mass is 10.1. The van der Waals surface area contributed by atoms with Crippen LogP contribution in [0.1, 0.15) is 25.5 Å². The molecular weight excluding hydrogens is 290 g/mol. The van der Waals surface area contributed by atoms with E-state index < -0.39 is 11.6 Å². The summed E-state index contributed by atoms with van der Waals surface area (Å²) in [6.07, 6.45) is 0. The number of esters is 1. The van der Waals surface area contributed by atoms with Crippen LogP contribution in [0.5, 0.6) is 0 Å². The van der Waals surface area contributed by atoms with Crippen molar-refractivity contribution < 1.29 is 18.3 Å². The van der Waals surface area contributed by atoms with Gasteiger partial charge in [0.25, 0.3) is 0 Å². The third kappa shape index (κ3) is 4.24. The summed E-state index contributed by atoms with van der Waals surface area (Å²) >= 11 is 0. The maximum absolute atomic E-state index is 13.9. The molecule has 0 radical (unpaired) electrons. The van der Waals surface area contributed by atoms with E-state index in [9.17, 15) is 13.6 Å². The van der Waals surface area contributed by atoms with Crippen LogP contribution in [0.15, 0.2) is 18.2 Å². The highest BCUT2D eigenvalue weighted by atomic mass is 19.1. The highest BCUT2D eigenvalue weighted by molar-refractivity contribution is 5.71. The molecule has 0 aliphatic carbocycles. The van der Waals surface area contributed by atoms with Gasteiger partial charge in [-0.1, -0.05) is 6.07 Å². The summed E-state index contributed by atoms with van der Waals surface area (Å²) in [5.74, 6) is -1.29. The maximum atomic E-state index is 13.9. The second-order valence-corrected chi connectivity index (χ2v) is 5.46. The van der Waals surface area contributed by atoms with E-state index in [1.54, 1.807) is 6.92 Å². The molecule has 1 aromatic carbocycles. The van der Waals surface area contributed by atoms with Crippen LogP contribution in [0, 0.1) is 11.6 Å². The Morgan fingerprint density at radius 3 is 2.55 bits per heavy atom. The van der Waals surface area contributed by atoms with Crippen molar-refractivity contribution in [1.29, 1.82) is 0 Å². The molecule has 1 heterocycles. The van der Waals surface area contributed by atoms with Crippen molar-refractivity contribution in [2.45, 2.75) is 19.9 Å². The van der Waals surface area contributed by atoms with Crippen LogP contribution >= 0.6 is 0 Å². The molecule has 0 saturated carbocycles. The topological polar surface area (TPSA) is 32.8 Å². The minimum absolute atomic E-state index is 0.120. The zero-order valence-electron chi connectivity index (χ0n) is 13.0. The van der Waals surface area contributed by atoms with Gasteiger partial charge in [0.05, 0.1) is 13.2 Å². The van der Waals surface area contributed by atoms with E-state index in [1.807, 2.05) is 11.8 Å². The van der Waals surface area contributed by atoms with Gasteiger partial charge in [0, 0.05) is 43.9 Å². The standard InChI is InChI=1S/C16H22F2N2O2/c1-3-22-16(21)11-19-6-8-20(9-7-19)12(2)14-5-4-13(17)10-15(14)18/h4-5,10,12H,3,6-9,11H2,1-2H3. The number of halogens is 2. The highest BCUT2D eigenvalue weighted by Gasteiger charge is 2.25. The Hall–Kier alpha value is -1.53. The Labute approximate surface area is 129 Å². The number of hydrogen-bond acceptors (Lipinski definition) is 4. The van der Waals surface area contributed by atoms with Crippen molar-refractivity contribution in [3.63, 3.8) is 0 Å². The molecule has 1 aliphatic rings. The van der Waals surface area contributed by atoms with Crippen LogP contribution in [0.4, 0.5) is 8.78 Å². The number of nitrogens with zero attached hydrogens (tertiary/aromatic N) is 2. The van der Waals surface area contributed by atoms with Gasteiger partial charge in [-0.05, 0) is 19.9 Å². The van der Waals surface area contributed by atoms with E-state index in [0.717, 1.165) is 32.2 Å². The smallest absolute Gasteiger partial charge is 0.320 e. The fraction of sp³-hybridized carbons (Fsp3) is 0.562. The number of carbonyl (C=O) groups excluding carboxylic acids is 1. The van der Waals surface area contributed by atoms with E-state index in [-0.39, 0.29) is 12.0 Å². The predicted molar refractivity (Wildman–Crippen MR) is 79.4 cm³/mol. The van der Waals surface area contributed by atoms with Gasteiger partial charge in [-0.15, -0.1) is 0 Å². The third-order valence-corrected chi connectivity index (χ3v) is 4.03. The fourth-order valence-electron chi connectivity index (χ4n) is 2.73. The first-order chi connectivity index (χ1) is 10.5. The van der Waals surface area contributed by atoms with Gasteiger partial charge in [-0.25, -0.2) is 8.78 Å². The molecule has 2 rings (SSSR count). The van der Waals surface area contributed by atoms with Crippen molar-refractivity contribution >= 4 is 5.97 Å². The Bertz CT molecular complexity index is 517. The number of hydrogen-bond donors (Lipinski definition) is 0. The number of carbonyl (C=O) groups is 1. The summed E-state index contributed by atoms with van der Waals surface area (Å²) in [5.41, 5.74) is 0.500. The summed E-state index contributed by atoms with van der Waals surface area (Å²) in [7, 11) is 0. The largest absolute Gasteiger partial charge is 0.465 e. The van der Waals surface area contributed by atoms with Gasteiger partial charge in [0.15, 0.2) is 0 Å². The second-order valence-electron chi connectivity index (χ2n) is 5.46. The van der Waals surface area contributed by atoms with Crippen LogP contribution < -0.4 is 0 Å². The first-order valence-electron chi connectivity index (χ1n) is 7.58. The molecule has 0 N–H and O–H groups in total. The van der Waals surface area contributed by atoms with E-state index in [4.69, 9.17) is 4.74 Å². The van der Waals surface area contributed by atoms with Crippen molar-refractivity contribution in [3.05, 3.63) is 35.4 Å². The summed E-state index contributed by atoms with van der Waals surface area (Å²) in [6, 6.07) is 3.58. The number of ether oxygens (including phenoxy) is 1. The van der Waals surface area contributed by atoms with E-state index in [0.29, 0.717) is 18.7 Å². The van der Waals surface area contributed by atoms with Gasteiger partial charge in [-0.3, -0.25) is 14.6 Å². The Balaban J connectivity index is 1.89. The Morgan fingerprint density at radius 1 is 1.27 bits per heavy atom. The molecule has 0 aromatic heterocycles. The first-order valence-corrected chi connectivity index (χ1v) is 7.58. The van der Waals surface area contributed by atoms with Crippen molar-refractivity contribution in [3.8, 4) is 0 Å². The molecule has 1 atom stereocenters. The molecule has 0 spiro atoms. The molecule has 1 aromatic rings. The molecule has 0 amide bonds. The van der Waals surface area contributed by atoms with Crippen LogP contribution in [0.25, 0.3) is 0 Å². The van der Waals surface area contributed by atoms with Gasteiger partial charge in [0.2, 0.25) is 0 Å². The number of benzene rings is 1. The highest BCUT2D eigenvalue weighted by Crippen LogP contribution is 2.24. The number of rotatable bonds is 5. The molecule has 1 fully saturated rings. The lowest BCUT2D eigenvalue weighted by Crippen LogP contribution is -2.48. The fourth-order valence-corrected chi connectivity index (χ4v) is 2.73. The summed E-state index contributed by atoms with van der Waals surface area (Å²) in [6.45, 7) is 7.31. The molecule has 1 aliphatic heterocycles. The zero-order chi connectivity index (χ0) is 16.1. The lowest BCUT2D eigenvalue weighted by Gasteiger charge is -2.37. The molecule has 22 heavy (non-hydrogen) atoms. The normalized spacial score (nSPS) is 18.2. The van der Waals surface area contributed by atoms with Crippen molar-refractivity contribution in [2.75, 3.05) is 39.3 Å². The van der Waals surface area contributed by atoms with Crippen LogP contribution in [-0.2, 0) is 9.53 Å². The van der Waals surface area contributed by atoms with Gasteiger partial charge in [0.1, 0.15) is 11.6 Å². The van der Waals surface area contributed by atoms with E-state index in [2.05, 4.69) is 4.90 Å². The first kappa shape index (κ1) is 16.8. The average molecular weight is 312 g/mol. The quantitative estimate of drug-likeness (QED) is 0.781. The summed E-state index contributed by atoms with van der Waals surface area (Å²) < 4.78 is 31.8. The predicted octanol–water partition coefficient (Wildman–Crippen LogP) is 2.21. The third-order valence-electron chi connectivity index (χ3n) is 4.03. The number of piperazine rings is 1. The minimum Gasteiger partial charge on any atom is -0.465 e. The van der Waals surface area contributed by atoms with Crippen molar-refractivity contribution in [1.82, 2.24) is 9.80 Å². The monoisotopic (exact) mass is 312 g/mol. The van der Waals surface area contributed by atoms with E-state index >= 15 is 0 Å². The van der Waals surface area contributed by atoms with E-state index in [1.165, 1.54) is 12.1 Å². The molecule has 0 bridgehead atoms. The molecule has 1 unspecified atom stereocenters. The Kier molecular flexibility index (Phi) is 5.85. The molecule has 6 heteroatoms.